The fraction of sp³-hybridized carbons (Fsp3) is 0.368. The lowest BCUT2D eigenvalue weighted by Gasteiger charge is -2.34. The standard InChI is InChI=1S/C19H21F2N3O2S/c1-13(15-5-4-14(20)11-16(15)21)22-12-18(25)23-6-8-24(9-7-23)19(26)17-3-2-10-27-17/h2-5,10-11,13,22H,6-9,12H2,1H3/p+1/t13-/m0/s1. The molecule has 0 bridgehead atoms. The van der Waals surface area contributed by atoms with Crippen molar-refractivity contribution in [2.75, 3.05) is 32.7 Å². The third-order valence-electron chi connectivity index (χ3n) is 4.75. The molecule has 1 aliphatic heterocycles. The third kappa shape index (κ3) is 4.70. The summed E-state index contributed by atoms with van der Waals surface area (Å²) in [4.78, 5) is 28.9. The molecule has 0 unspecified atom stereocenters. The van der Waals surface area contributed by atoms with Crippen LogP contribution in [0.3, 0.4) is 0 Å². The molecule has 2 aromatic rings. The molecule has 2 N–H and O–H groups in total. The molecule has 2 amide bonds. The van der Waals surface area contributed by atoms with Gasteiger partial charge in [-0.05, 0) is 30.5 Å². The minimum atomic E-state index is -0.616. The number of quaternary nitrogens is 1. The van der Waals surface area contributed by atoms with Crippen molar-refractivity contribution in [3.05, 3.63) is 57.8 Å². The van der Waals surface area contributed by atoms with Gasteiger partial charge in [0.05, 0.1) is 4.88 Å². The Morgan fingerprint density at radius 2 is 1.85 bits per heavy atom. The molecule has 27 heavy (non-hydrogen) atoms. The second kappa shape index (κ2) is 8.58. The topological polar surface area (TPSA) is 57.2 Å². The smallest absolute Gasteiger partial charge is 0.277 e. The molecule has 0 radical (unpaired) electrons. The number of hydrogen-bond acceptors (Lipinski definition) is 3. The molecule has 1 aliphatic rings. The molecule has 8 heteroatoms. The minimum absolute atomic E-state index is 0.00377. The lowest BCUT2D eigenvalue weighted by molar-refractivity contribution is -0.683. The highest BCUT2D eigenvalue weighted by atomic mass is 32.1. The molecular weight excluding hydrogens is 372 g/mol. The van der Waals surface area contributed by atoms with Gasteiger partial charge in [0, 0.05) is 37.8 Å². The van der Waals surface area contributed by atoms with E-state index in [1.165, 1.54) is 23.5 Å². The molecule has 1 aromatic carbocycles. The van der Waals surface area contributed by atoms with E-state index in [-0.39, 0.29) is 24.4 Å². The number of halogens is 2. The lowest BCUT2D eigenvalue weighted by atomic mass is 10.1. The Morgan fingerprint density at radius 1 is 1.15 bits per heavy atom. The zero-order valence-corrected chi connectivity index (χ0v) is 15.8. The van der Waals surface area contributed by atoms with Crippen LogP contribution in [-0.4, -0.2) is 54.3 Å². The monoisotopic (exact) mass is 394 g/mol. The molecule has 3 rings (SSSR count). The Bertz CT molecular complexity index is 805. The predicted octanol–water partition coefficient (Wildman–Crippen LogP) is 1.64. The number of nitrogens with two attached hydrogens (primary N) is 1. The molecule has 1 atom stereocenters. The molecule has 1 saturated heterocycles. The SMILES string of the molecule is C[C@H]([NH2+]CC(=O)N1CCN(C(=O)c2cccs2)CC1)c1ccc(F)cc1F. The average Bonchev–Trinajstić information content (AvgIpc) is 3.20. The Morgan fingerprint density at radius 3 is 2.48 bits per heavy atom. The van der Waals surface area contributed by atoms with Crippen LogP contribution in [0, 0.1) is 11.6 Å². The first-order valence-electron chi connectivity index (χ1n) is 8.84. The van der Waals surface area contributed by atoms with Crippen molar-refractivity contribution >= 4 is 23.2 Å². The number of piperazine rings is 1. The summed E-state index contributed by atoms with van der Waals surface area (Å²) in [6, 6.07) is 6.83. The number of carbonyl (C=O) groups excluding carboxylic acids is 2. The van der Waals surface area contributed by atoms with Crippen molar-refractivity contribution < 1.29 is 23.7 Å². The second-order valence-corrected chi connectivity index (χ2v) is 7.49. The quantitative estimate of drug-likeness (QED) is 0.838. The van der Waals surface area contributed by atoms with Gasteiger partial charge < -0.3 is 15.1 Å². The second-order valence-electron chi connectivity index (χ2n) is 6.54. The zero-order valence-electron chi connectivity index (χ0n) is 15.0. The Labute approximate surface area is 160 Å². The van der Waals surface area contributed by atoms with Gasteiger partial charge in [-0.25, -0.2) is 8.78 Å². The fourth-order valence-corrected chi connectivity index (χ4v) is 3.81. The van der Waals surface area contributed by atoms with Crippen molar-refractivity contribution in [2.24, 2.45) is 0 Å². The van der Waals surface area contributed by atoms with Crippen LogP contribution in [0.15, 0.2) is 35.7 Å². The molecule has 2 heterocycles. The van der Waals surface area contributed by atoms with Gasteiger partial charge in [0.1, 0.15) is 17.7 Å². The summed E-state index contributed by atoms with van der Waals surface area (Å²) >= 11 is 1.41. The maximum absolute atomic E-state index is 13.8. The maximum Gasteiger partial charge on any atom is 0.277 e. The summed E-state index contributed by atoms with van der Waals surface area (Å²) < 4.78 is 26.8. The number of rotatable bonds is 5. The Balaban J connectivity index is 1.47. The normalized spacial score (nSPS) is 15.7. The minimum Gasteiger partial charge on any atom is -0.334 e. The van der Waals surface area contributed by atoms with Crippen LogP contribution < -0.4 is 5.32 Å². The predicted molar refractivity (Wildman–Crippen MR) is 98.4 cm³/mol. The van der Waals surface area contributed by atoms with Gasteiger partial charge in [-0.3, -0.25) is 9.59 Å². The molecule has 144 valence electrons. The molecule has 0 saturated carbocycles. The summed E-state index contributed by atoms with van der Waals surface area (Å²) in [5.41, 5.74) is 0.371. The van der Waals surface area contributed by atoms with Gasteiger partial charge in [0.15, 0.2) is 6.54 Å². The molecule has 5 nitrogen and oxygen atoms in total. The number of amides is 2. The highest BCUT2D eigenvalue weighted by molar-refractivity contribution is 7.12. The highest BCUT2D eigenvalue weighted by Crippen LogP contribution is 2.15. The first kappa shape index (κ1) is 19.4. The van der Waals surface area contributed by atoms with Crippen molar-refractivity contribution in [1.29, 1.82) is 0 Å². The van der Waals surface area contributed by atoms with Crippen LogP contribution in [-0.2, 0) is 4.79 Å². The summed E-state index contributed by atoms with van der Waals surface area (Å²) in [5.74, 6) is -1.27. The van der Waals surface area contributed by atoms with Gasteiger partial charge in [-0.2, -0.15) is 0 Å². The number of thiophene rings is 1. The van der Waals surface area contributed by atoms with E-state index in [4.69, 9.17) is 0 Å². The first-order valence-corrected chi connectivity index (χ1v) is 9.72. The van der Waals surface area contributed by atoms with Gasteiger partial charge in [-0.1, -0.05) is 6.07 Å². The van der Waals surface area contributed by atoms with Crippen LogP contribution in [0.25, 0.3) is 0 Å². The average molecular weight is 394 g/mol. The van der Waals surface area contributed by atoms with E-state index in [0.717, 1.165) is 6.07 Å². The van der Waals surface area contributed by atoms with E-state index in [2.05, 4.69) is 0 Å². The lowest BCUT2D eigenvalue weighted by Crippen LogP contribution is -2.87. The highest BCUT2D eigenvalue weighted by Gasteiger charge is 2.26. The summed E-state index contributed by atoms with van der Waals surface area (Å²) in [7, 11) is 0. The van der Waals surface area contributed by atoms with Crippen LogP contribution in [0.1, 0.15) is 28.2 Å². The van der Waals surface area contributed by atoms with Crippen molar-refractivity contribution in [3.8, 4) is 0 Å². The summed E-state index contributed by atoms with van der Waals surface area (Å²) in [5, 5.41) is 3.61. The van der Waals surface area contributed by atoms with E-state index in [1.807, 2.05) is 11.4 Å². The van der Waals surface area contributed by atoms with E-state index in [0.29, 0.717) is 36.6 Å². The van der Waals surface area contributed by atoms with E-state index < -0.39 is 11.6 Å². The number of hydrogen-bond donors (Lipinski definition) is 1. The fourth-order valence-electron chi connectivity index (χ4n) is 3.12. The van der Waals surface area contributed by atoms with Gasteiger partial charge >= 0.3 is 0 Å². The van der Waals surface area contributed by atoms with Crippen molar-refractivity contribution in [2.45, 2.75) is 13.0 Å². The van der Waals surface area contributed by atoms with Crippen molar-refractivity contribution in [3.63, 3.8) is 0 Å². The molecule has 0 spiro atoms. The van der Waals surface area contributed by atoms with Crippen LogP contribution in [0.2, 0.25) is 0 Å². The van der Waals surface area contributed by atoms with Gasteiger partial charge in [0.25, 0.3) is 11.8 Å². The van der Waals surface area contributed by atoms with Gasteiger partial charge in [-0.15, -0.1) is 11.3 Å². The van der Waals surface area contributed by atoms with Crippen LogP contribution in [0.5, 0.6) is 0 Å². The zero-order chi connectivity index (χ0) is 19.4. The molecule has 1 aromatic heterocycles. The maximum atomic E-state index is 13.8. The number of carbonyl (C=O) groups is 2. The van der Waals surface area contributed by atoms with Crippen LogP contribution >= 0.6 is 11.3 Å². The largest absolute Gasteiger partial charge is 0.334 e. The third-order valence-corrected chi connectivity index (χ3v) is 5.61. The number of benzene rings is 1. The number of nitrogens with zero attached hydrogens (tertiary/aromatic N) is 2. The molecule has 0 aliphatic carbocycles. The van der Waals surface area contributed by atoms with E-state index in [9.17, 15) is 18.4 Å². The first-order chi connectivity index (χ1) is 13.0. The van der Waals surface area contributed by atoms with E-state index >= 15 is 0 Å². The van der Waals surface area contributed by atoms with Crippen LogP contribution in [0.4, 0.5) is 8.78 Å². The Kier molecular flexibility index (Phi) is 6.18. The molecule has 1 fully saturated rings. The molecular formula is C19H22F2N3O2S+. The summed E-state index contributed by atoms with van der Waals surface area (Å²) in [6.07, 6.45) is 0. The summed E-state index contributed by atoms with van der Waals surface area (Å²) in [6.45, 7) is 3.94. The van der Waals surface area contributed by atoms with Gasteiger partial charge in [0.2, 0.25) is 0 Å². The van der Waals surface area contributed by atoms with E-state index in [1.54, 1.807) is 28.1 Å². The van der Waals surface area contributed by atoms with Crippen molar-refractivity contribution in [1.82, 2.24) is 9.80 Å². The Hall–Kier alpha value is -2.32.